The highest BCUT2D eigenvalue weighted by molar-refractivity contribution is 7.89. The Morgan fingerprint density at radius 3 is 2.75 bits per heavy atom. The lowest BCUT2D eigenvalue weighted by atomic mass is 10.1. The van der Waals surface area contributed by atoms with Crippen LogP contribution in [0.1, 0.15) is 16.8 Å². The molecule has 1 aromatic heterocycles. The standard InChI is InChI=1S/C18H17FN2O2S/c1-12-4-2-3-5-18(12)24(22,23)21-9-8-17-15(11-21)14-10-13(19)6-7-16(14)20-17/h2-7,10,20H,8-9,11H2,1H3. The summed E-state index contributed by atoms with van der Waals surface area (Å²) in [5.74, 6) is -0.316. The minimum atomic E-state index is -3.57. The van der Waals surface area contributed by atoms with Crippen molar-refractivity contribution in [2.75, 3.05) is 6.54 Å². The molecule has 124 valence electrons. The molecule has 0 saturated carbocycles. The van der Waals surface area contributed by atoms with E-state index in [1.165, 1.54) is 16.4 Å². The summed E-state index contributed by atoms with van der Waals surface area (Å²) in [6, 6.07) is 11.6. The summed E-state index contributed by atoms with van der Waals surface area (Å²) in [6.45, 7) is 2.47. The largest absolute Gasteiger partial charge is 0.358 e. The number of aromatic nitrogens is 1. The maximum atomic E-state index is 13.6. The van der Waals surface area contributed by atoms with E-state index >= 15 is 0 Å². The predicted octanol–water partition coefficient (Wildman–Crippen LogP) is 3.36. The predicted molar refractivity (Wildman–Crippen MR) is 90.7 cm³/mol. The molecule has 2 aromatic carbocycles. The first-order valence-electron chi connectivity index (χ1n) is 7.81. The molecular formula is C18H17FN2O2S. The molecule has 0 aliphatic carbocycles. The SMILES string of the molecule is Cc1ccccc1S(=O)(=O)N1CCc2[nH]c3ccc(F)cc3c2C1. The van der Waals surface area contributed by atoms with E-state index in [9.17, 15) is 12.8 Å². The van der Waals surface area contributed by atoms with Crippen molar-refractivity contribution in [1.29, 1.82) is 0 Å². The lowest BCUT2D eigenvalue weighted by molar-refractivity contribution is 0.391. The molecule has 0 atom stereocenters. The molecule has 3 aromatic rings. The number of H-pyrrole nitrogens is 1. The zero-order valence-corrected chi connectivity index (χ0v) is 14.0. The number of sulfonamides is 1. The number of halogens is 1. The van der Waals surface area contributed by atoms with Gasteiger partial charge < -0.3 is 4.98 Å². The van der Waals surface area contributed by atoms with Crippen molar-refractivity contribution in [3.8, 4) is 0 Å². The third kappa shape index (κ3) is 2.34. The van der Waals surface area contributed by atoms with Crippen LogP contribution in [0.2, 0.25) is 0 Å². The molecule has 1 N–H and O–H groups in total. The van der Waals surface area contributed by atoms with Crippen molar-refractivity contribution in [2.45, 2.75) is 24.8 Å². The van der Waals surface area contributed by atoms with Crippen LogP contribution in [0, 0.1) is 12.7 Å². The van der Waals surface area contributed by atoms with Crippen LogP contribution in [-0.2, 0) is 23.0 Å². The van der Waals surface area contributed by atoms with Gasteiger partial charge in [0.05, 0.1) is 4.90 Å². The van der Waals surface area contributed by atoms with Crippen LogP contribution in [0.3, 0.4) is 0 Å². The van der Waals surface area contributed by atoms with Crippen molar-refractivity contribution in [1.82, 2.24) is 9.29 Å². The number of nitrogens with one attached hydrogen (secondary N) is 1. The highest BCUT2D eigenvalue weighted by atomic mass is 32.2. The fourth-order valence-corrected chi connectivity index (χ4v) is 4.99. The van der Waals surface area contributed by atoms with Gasteiger partial charge in [-0.15, -0.1) is 0 Å². The Bertz CT molecular complexity index is 1040. The van der Waals surface area contributed by atoms with Crippen molar-refractivity contribution < 1.29 is 12.8 Å². The smallest absolute Gasteiger partial charge is 0.243 e. The van der Waals surface area contributed by atoms with E-state index < -0.39 is 10.0 Å². The first-order chi connectivity index (χ1) is 11.5. The number of nitrogens with zero attached hydrogens (tertiary/aromatic N) is 1. The van der Waals surface area contributed by atoms with Crippen LogP contribution in [0.25, 0.3) is 10.9 Å². The monoisotopic (exact) mass is 344 g/mol. The second-order valence-corrected chi connectivity index (χ2v) is 8.03. The number of rotatable bonds is 2. The highest BCUT2D eigenvalue weighted by Crippen LogP contribution is 2.31. The second kappa shape index (κ2) is 5.43. The fraction of sp³-hybridized carbons (Fsp3) is 0.222. The van der Waals surface area contributed by atoms with Crippen LogP contribution in [-0.4, -0.2) is 24.3 Å². The van der Waals surface area contributed by atoms with Gasteiger partial charge in [0.1, 0.15) is 5.82 Å². The zero-order chi connectivity index (χ0) is 16.9. The molecule has 0 unspecified atom stereocenters. The van der Waals surface area contributed by atoms with Crippen LogP contribution < -0.4 is 0 Å². The summed E-state index contributed by atoms with van der Waals surface area (Å²) in [5.41, 5.74) is 3.43. The van der Waals surface area contributed by atoms with Gasteiger partial charge in [-0.1, -0.05) is 18.2 Å². The van der Waals surface area contributed by atoms with Crippen LogP contribution in [0.5, 0.6) is 0 Å². The average molecular weight is 344 g/mol. The average Bonchev–Trinajstić information content (AvgIpc) is 2.92. The van der Waals surface area contributed by atoms with Gasteiger partial charge in [-0.3, -0.25) is 0 Å². The molecule has 4 nitrogen and oxygen atoms in total. The van der Waals surface area contributed by atoms with Gasteiger partial charge in [-0.2, -0.15) is 4.31 Å². The number of hydrogen-bond donors (Lipinski definition) is 1. The zero-order valence-electron chi connectivity index (χ0n) is 13.2. The summed E-state index contributed by atoms with van der Waals surface area (Å²) in [4.78, 5) is 3.61. The molecule has 24 heavy (non-hydrogen) atoms. The molecule has 4 rings (SSSR count). The van der Waals surface area contributed by atoms with Crippen molar-refractivity contribution in [2.24, 2.45) is 0 Å². The topological polar surface area (TPSA) is 53.2 Å². The molecule has 0 radical (unpaired) electrons. The molecular weight excluding hydrogens is 327 g/mol. The third-order valence-corrected chi connectivity index (χ3v) is 6.62. The van der Waals surface area contributed by atoms with Crippen LogP contribution in [0.4, 0.5) is 4.39 Å². The lowest BCUT2D eigenvalue weighted by Crippen LogP contribution is -2.36. The van der Waals surface area contributed by atoms with Gasteiger partial charge in [0, 0.05) is 36.1 Å². The molecule has 2 heterocycles. The maximum Gasteiger partial charge on any atom is 0.243 e. The van der Waals surface area contributed by atoms with Crippen LogP contribution >= 0.6 is 0 Å². The molecule has 0 saturated heterocycles. The van der Waals surface area contributed by atoms with E-state index in [1.54, 1.807) is 31.2 Å². The lowest BCUT2D eigenvalue weighted by Gasteiger charge is -2.27. The van der Waals surface area contributed by atoms with E-state index in [0.717, 1.165) is 27.7 Å². The number of hydrogen-bond acceptors (Lipinski definition) is 2. The molecule has 0 spiro atoms. The van der Waals surface area contributed by atoms with E-state index in [-0.39, 0.29) is 12.4 Å². The quantitative estimate of drug-likeness (QED) is 0.775. The third-order valence-electron chi connectivity index (χ3n) is 4.61. The Balaban J connectivity index is 1.78. The Hall–Kier alpha value is -2.18. The van der Waals surface area contributed by atoms with E-state index in [0.29, 0.717) is 17.9 Å². The van der Waals surface area contributed by atoms with Crippen LogP contribution in [0.15, 0.2) is 47.4 Å². The number of aryl methyl sites for hydroxylation is 1. The Morgan fingerprint density at radius 2 is 1.96 bits per heavy atom. The summed E-state index contributed by atoms with van der Waals surface area (Å²) < 4.78 is 41.0. The van der Waals surface area contributed by atoms with E-state index in [2.05, 4.69) is 4.98 Å². The summed E-state index contributed by atoms with van der Waals surface area (Å²) in [7, 11) is -3.57. The van der Waals surface area contributed by atoms with Gasteiger partial charge in [-0.25, -0.2) is 12.8 Å². The van der Waals surface area contributed by atoms with Crippen molar-refractivity contribution in [3.05, 3.63) is 65.1 Å². The maximum absolute atomic E-state index is 13.6. The molecule has 0 fully saturated rings. The van der Waals surface area contributed by atoms with Gasteiger partial charge in [0.2, 0.25) is 10.0 Å². The summed E-state index contributed by atoms with van der Waals surface area (Å²) in [5, 5.41) is 0.759. The molecule has 1 aliphatic rings. The summed E-state index contributed by atoms with van der Waals surface area (Å²) in [6.07, 6.45) is 0.594. The van der Waals surface area contributed by atoms with Gasteiger partial charge in [0.15, 0.2) is 0 Å². The van der Waals surface area contributed by atoms with Crippen molar-refractivity contribution in [3.63, 3.8) is 0 Å². The fourth-order valence-electron chi connectivity index (χ4n) is 3.35. The van der Waals surface area contributed by atoms with E-state index in [4.69, 9.17) is 0 Å². The van der Waals surface area contributed by atoms with E-state index in [1.807, 2.05) is 6.07 Å². The first kappa shape index (κ1) is 15.4. The van der Waals surface area contributed by atoms with Crippen molar-refractivity contribution >= 4 is 20.9 Å². The Kier molecular flexibility index (Phi) is 3.47. The highest BCUT2D eigenvalue weighted by Gasteiger charge is 2.31. The summed E-state index contributed by atoms with van der Waals surface area (Å²) >= 11 is 0. The first-order valence-corrected chi connectivity index (χ1v) is 9.25. The van der Waals surface area contributed by atoms with Gasteiger partial charge >= 0.3 is 0 Å². The molecule has 6 heteroatoms. The minimum Gasteiger partial charge on any atom is -0.358 e. The minimum absolute atomic E-state index is 0.259. The normalized spacial score (nSPS) is 15.6. The molecule has 0 amide bonds. The molecule has 0 bridgehead atoms. The number of benzene rings is 2. The Labute approximate surface area is 140 Å². The molecule has 1 aliphatic heterocycles. The number of aromatic amines is 1. The van der Waals surface area contributed by atoms with Gasteiger partial charge in [0.25, 0.3) is 0 Å². The second-order valence-electron chi connectivity index (χ2n) is 6.13. The Morgan fingerprint density at radius 1 is 1.17 bits per heavy atom. The number of fused-ring (bicyclic) bond motifs is 3. The van der Waals surface area contributed by atoms with Gasteiger partial charge in [-0.05, 0) is 42.3 Å².